The Morgan fingerprint density at radius 2 is 2.08 bits per heavy atom. The Labute approximate surface area is 139 Å². The molecule has 8 nitrogen and oxygen atoms in total. The Bertz CT molecular complexity index is 853. The SMILES string of the molecule is COc1cccc2cc(C(=O)N3CCC(NS(N)(=O)=O)CC3)oc12. The zero-order valence-electron chi connectivity index (χ0n) is 13.2. The van der Waals surface area contributed by atoms with Crippen molar-refractivity contribution in [3.05, 3.63) is 30.0 Å². The highest BCUT2D eigenvalue weighted by molar-refractivity contribution is 7.87. The molecule has 0 radical (unpaired) electrons. The number of piperidine rings is 1. The van der Waals surface area contributed by atoms with Gasteiger partial charge in [-0.15, -0.1) is 0 Å². The zero-order valence-corrected chi connectivity index (χ0v) is 14.0. The van der Waals surface area contributed by atoms with E-state index < -0.39 is 10.2 Å². The summed E-state index contributed by atoms with van der Waals surface area (Å²) in [7, 11) is -2.18. The van der Waals surface area contributed by atoms with Crippen LogP contribution in [0.15, 0.2) is 28.7 Å². The predicted octanol–water partition coefficient (Wildman–Crippen LogP) is 0.839. The number of methoxy groups -OCH3 is 1. The van der Waals surface area contributed by atoms with Crippen LogP contribution >= 0.6 is 0 Å². The van der Waals surface area contributed by atoms with E-state index in [-0.39, 0.29) is 17.7 Å². The number of benzene rings is 1. The van der Waals surface area contributed by atoms with E-state index in [2.05, 4.69) is 4.72 Å². The molecule has 24 heavy (non-hydrogen) atoms. The summed E-state index contributed by atoms with van der Waals surface area (Å²) in [5, 5.41) is 5.77. The Morgan fingerprint density at radius 3 is 2.71 bits per heavy atom. The van der Waals surface area contributed by atoms with Gasteiger partial charge < -0.3 is 14.1 Å². The molecule has 1 saturated heterocycles. The largest absolute Gasteiger partial charge is 0.493 e. The third kappa shape index (κ3) is 3.53. The zero-order chi connectivity index (χ0) is 17.3. The van der Waals surface area contributed by atoms with Gasteiger partial charge in [0.25, 0.3) is 16.1 Å². The fourth-order valence-corrected chi connectivity index (χ4v) is 3.59. The molecule has 2 aromatic rings. The second-order valence-corrected chi connectivity index (χ2v) is 7.04. The summed E-state index contributed by atoms with van der Waals surface area (Å²) in [6.07, 6.45) is 1.01. The fraction of sp³-hybridized carbons (Fsp3) is 0.400. The summed E-state index contributed by atoms with van der Waals surface area (Å²) >= 11 is 0. The van der Waals surface area contributed by atoms with E-state index in [1.165, 1.54) is 0 Å². The van der Waals surface area contributed by atoms with Gasteiger partial charge >= 0.3 is 0 Å². The minimum atomic E-state index is -3.72. The number of hydrogen-bond donors (Lipinski definition) is 2. The lowest BCUT2D eigenvalue weighted by molar-refractivity contribution is 0.0681. The molecular weight excluding hydrogens is 334 g/mol. The van der Waals surface area contributed by atoms with Crippen molar-refractivity contribution in [3.8, 4) is 5.75 Å². The molecule has 1 aliphatic rings. The molecule has 0 saturated carbocycles. The number of hydrogen-bond acceptors (Lipinski definition) is 5. The lowest BCUT2D eigenvalue weighted by Gasteiger charge is -2.31. The summed E-state index contributed by atoms with van der Waals surface area (Å²) in [5.41, 5.74) is 0.536. The van der Waals surface area contributed by atoms with Crippen molar-refractivity contribution in [2.24, 2.45) is 5.14 Å². The molecule has 0 unspecified atom stereocenters. The quantitative estimate of drug-likeness (QED) is 0.845. The van der Waals surface area contributed by atoms with Crippen LogP contribution in [0, 0.1) is 0 Å². The molecule has 0 aliphatic carbocycles. The Morgan fingerprint density at radius 1 is 1.38 bits per heavy atom. The summed E-state index contributed by atoms with van der Waals surface area (Å²) in [6.45, 7) is 0.862. The number of nitrogens with zero attached hydrogens (tertiary/aromatic N) is 1. The molecule has 0 spiro atoms. The molecule has 9 heteroatoms. The summed E-state index contributed by atoms with van der Waals surface area (Å²) in [6, 6.07) is 6.88. The second-order valence-electron chi connectivity index (χ2n) is 5.72. The molecule has 1 aromatic carbocycles. The van der Waals surface area contributed by atoms with E-state index >= 15 is 0 Å². The van der Waals surface area contributed by atoms with Gasteiger partial charge in [-0.2, -0.15) is 13.1 Å². The minimum Gasteiger partial charge on any atom is -0.493 e. The smallest absolute Gasteiger partial charge is 0.289 e. The topological polar surface area (TPSA) is 115 Å². The first-order chi connectivity index (χ1) is 11.4. The average Bonchev–Trinajstić information content (AvgIpc) is 2.97. The first-order valence-electron chi connectivity index (χ1n) is 7.53. The van der Waals surface area contributed by atoms with Crippen molar-refractivity contribution in [3.63, 3.8) is 0 Å². The fourth-order valence-electron chi connectivity index (χ4n) is 2.89. The number of furan rings is 1. The first-order valence-corrected chi connectivity index (χ1v) is 9.08. The third-order valence-corrected chi connectivity index (χ3v) is 4.71. The van der Waals surface area contributed by atoms with E-state index in [4.69, 9.17) is 14.3 Å². The number of amides is 1. The molecule has 3 rings (SSSR count). The molecule has 3 N–H and O–H groups in total. The summed E-state index contributed by atoms with van der Waals surface area (Å²) in [4.78, 5) is 14.2. The Hall–Kier alpha value is -2.10. The van der Waals surface area contributed by atoms with Gasteiger partial charge in [-0.05, 0) is 25.0 Å². The van der Waals surface area contributed by atoms with Crippen LogP contribution in [0.3, 0.4) is 0 Å². The maximum atomic E-state index is 12.6. The van der Waals surface area contributed by atoms with Gasteiger partial charge in [0.2, 0.25) is 0 Å². The standard InChI is InChI=1S/C15H19N3O5S/c1-22-12-4-2-3-10-9-13(23-14(10)12)15(19)18-7-5-11(6-8-18)17-24(16,20)21/h2-4,9,11,17H,5-8H2,1H3,(H2,16,20,21). The molecule has 1 aliphatic heterocycles. The molecule has 130 valence electrons. The average molecular weight is 353 g/mol. The van der Waals surface area contributed by atoms with Gasteiger partial charge in [0.05, 0.1) is 7.11 Å². The maximum absolute atomic E-state index is 12.6. The lowest BCUT2D eigenvalue weighted by Crippen LogP contribution is -2.48. The van der Waals surface area contributed by atoms with E-state index in [9.17, 15) is 13.2 Å². The number of ether oxygens (including phenoxy) is 1. The van der Waals surface area contributed by atoms with E-state index in [0.29, 0.717) is 37.3 Å². The van der Waals surface area contributed by atoms with Crippen molar-refractivity contribution in [2.75, 3.05) is 20.2 Å². The second kappa shape index (κ2) is 6.42. The predicted molar refractivity (Wildman–Crippen MR) is 87.9 cm³/mol. The number of likely N-dealkylation sites (tertiary alicyclic amines) is 1. The van der Waals surface area contributed by atoms with Crippen LogP contribution in [0.5, 0.6) is 5.75 Å². The van der Waals surface area contributed by atoms with Crippen molar-refractivity contribution in [1.82, 2.24) is 9.62 Å². The van der Waals surface area contributed by atoms with E-state index in [0.717, 1.165) is 5.39 Å². The molecule has 2 heterocycles. The number of nitrogens with two attached hydrogens (primary N) is 1. The summed E-state index contributed by atoms with van der Waals surface area (Å²) < 4.78 is 35.4. The number of para-hydroxylation sites is 1. The van der Waals surface area contributed by atoms with Crippen molar-refractivity contribution in [2.45, 2.75) is 18.9 Å². The first kappa shape index (κ1) is 16.7. The van der Waals surface area contributed by atoms with Crippen molar-refractivity contribution < 1.29 is 22.4 Å². The number of carbonyl (C=O) groups excluding carboxylic acids is 1. The molecule has 1 amide bonds. The molecule has 0 atom stereocenters. The van der Waals surface area contributed by atoms with E-state index in [1.807, 2.05) is 12.1 Å². The maximum Gasteiger partial charge on any atom is 0.289 e. The molecule has 1 fully saturated rings. The number of fused-ring (bicyclic) bond motifs is 1. The van der Waals surface area contributed by atoms with Crippen LogP contribution in [0.1, 0.15) is 23.4 Å². The molecular formula is C15H19N3O5S. The van der Waals surface area contributed by atoms with Crippen LogP contribution in [0.4, 0.5) is 0 Å². The normalized spacial score (nSPS) is 16.5. The highest BCUT2D eigenvalue weighted by atomic mass is 32.2. The molecule has 1 aromatic heterocycles. The summed E-state index contributed by atoms with van der Waals surface area (Å²) in [5.74, 6) is 0.595. The number of nitrogens with one attached hydrogen (secondary N) is 1. The van der Waals surface area contributed by atoms with Crippen LogP contribution < -0.4 is 14.6 Å². The van der Waals surface area contributed by atoms with Gasteiger partial charge in [0.15, 0.2) is 17.1 Å². The third-order valence-electron chi connectivity index (χ3n) is 4.05. The van der Waals surface area contributed by atoms with Gasteiger partial charge in [0, 0.05) is 24.5 Å². The van der Waals surface area contributed by atoms with Gasteiger partial charge in [-0.1, -0.05) is 12.1 Å². The van der Waals surface area contributed by atoms with E-state index in [1.54, 1.807) is 24.1 Å². The number of carbonyl (C=O) groups is 1. The highest BCUT2D eigenvalue weighted by Gasteiger charge is 2.27. The van der Waals surface area contributed by atoms with Crippen molar-refractivity contribution >= 4 is 27.1 Å². The minimum absolute atomic E-state index is 0.220. The Kier molecular flexibility index (Phi) is 4.48. The van der Waals surface area contributed by atoms with Crippen LogP contribution in [0.2, 0.25) is 0 Å². The number of rotatable bonds is 4. The highest BCUT2D eigenvalue weighted by Crippen LogP contribution is 2.29. The van der Waals surface area contributed by atoms with Gasteiger partial charge in [-0.25, -0.2) is 5.14 Å². The lowest BCUT2D eigenvalue weighted by atomic mass is 10.1. The van der Waals surface area contributed by atoms with Gasteiger partial charge in [-0.3, -0.25) is 4.79 Å². The van der Waals surface area contributed by atoms with Gasteiger partial charge in [0.1, 0.15) is 0 Å². The van der Waals surface area contributed by atoms with Crippen LogP contribution in [-0.4, -0.2) is 45.5 Å². The monoisotopic (exact) mass is 353 g/mol. The Balaban J connectivity index is 1.72. The van der Waals surface area contributed by atoms with Crippen LogP contribution in [-0.2, 0) is 10.2 Å². The van der Waals surface area contributed by atoms with Crippen LogP contribution in [0.25, 0.3) is 11.0 Å². The molecule has 0 bridgehead atoms. The van der Waals surface area contributed by atoms with Crippen molar-refractivity contribution in [1.29, 1.82) is 0 Å².